The van der Waals surface area contributed by atoms with Gasteiger partial charge in [0.1, 0.15) is 11.3 Å². The molecule has 1 amide bonds. The molecule has 0 saturated carbocycles. The van der Waals surface area contributed by atoms with Crippen LogP contribution in [0.4, 0.5) is 5.69 Å². The van der Waals surface area contributed by atoms with E-state index in [2.05, 4.69) is 10.3 Å². The summed E-state index contributed by atoms with van der Waals surface area (Å²) >= 11 is 6.08. The lowest BCUT2D eigenvalue weighted by Crippen LogP contribution is -2.12. The number of benzene rings is 3. The van der Waals surface area contributed by atoms with E-state index in [0.717, 1.165) is 11.3 Å². The lowest BCUT2D eigenvalue weighted by atomic mass is 10.2. The molecule has 1 aromatic heterocycles. The number of amides is 1. The van der Waals surface area contributed by atoms with Gasteiger partial charge in [0.05, 0.1) is 17.7 Å². The zero-order valence-electron chi connectivity index (χ0n) is 14.4. The molecule has 27 heavy (non-hydrogen) atoms. The third-order valence-corrected chi connectivity index (χ3v) is 4.41. The standard InChI is InChI=1S/C21H15ClN2O3/c1-26-15-6-4-5-13(11-15)21-24-18-10-9-14(12-19(18)27-21)23-20(25)16-7-2-3-8-17(16)22/h2-12H,1H3,(H,23,25). The van der Waals surface area contributed by atoms with Gasteiger partial charge in [0, 0.05) is 17.3 Å². The molecule has 0 radical (unpaired) electrons. The highest BCUT2D eigenvalue weighted by Gasteiger charge is 2.13. The summed E-state index contributed by atoms with van der Waals surface area (Å²) in [6, 6.07) is 19.7. The number of carbonyl (C=O) groups is 1. The minimum absolute atomic E-state index is 0.285. The fourth-order valence-corrected chi connectivity index (χ4v) is 2.95. The summed E-state index contributed by atoms with van der Waals surface area (Å²) in [5, 5.41) is 3.23. The van der Waals surface area contributed by atoms with Crippen LogP contribution in [0.3, 0.4) is 0 Å². The molecule has 0 unspecified atom stereocenters. The Kier molecular flexibility index (Phi) is 4.52. The maximum Gasteiger partial charge on any atom is 0.257 e. The van der Waals surface area contributed by atoms with E-state index in [0.29, 0.717) is 33.3 Å². The largest absolute Gasteiger partial charge is 0.497 e. The normalized spacial score (nSPS) is 10.7. The van der Waals surface area contributed by atoms with Gasteiger partial charge in [0.2, 0.25) is 5.89 Å². The Morgan fingerprint density at radius 1 is 1.07 bits per heavy atom. The number of anilines is 1. The summed E-state index contributed by atoms with van der Waals surface area (Å²) in [5.41, 5.74) is 3.09. The fraction of sp³-hybridized carbons (Fsp3) is 0.0476. The Labute approximate surface area is 160 Å². The minimum Gasteiger partial charge on any atom is -0.497 e. The van der Waals surface area contributed by atoms with Crippen molar-refractivity contribution in [1.82, 2.24) is 4.98 Å². The van der Waals surface area contributed by atoms with E-state index in [4.69, 9.17) is 20.8 Å². The molecule has 0 fully saturated rings. The lowest BCUT2D eigenvalue weighted by Gasteiger charge is -2.06. The number of halogens is 1. The van der Waals surface area contributed by atoms with Crippen molar-refractivity contribution < 1.29 is 13.9 Å². The smallest absolute Gasteiger partial charge is 0.257 e. The second-order valence-electron chi connectivity index (χ2n) is 5.87. The zero-order chi connectivity index (χ0) is 18.8. The van der Waals surface area contributed by atoms with Crippen molar-refractivity contribution in [2.75, 3.05) is 12.4 Å². The van der Waals surface area contributed by atoms with E-state index >= 15 is 0 Å². The predicted octanol–water partition coefficient (Wildman–Crippen LogP) is 5.41. The van der Waals surface area contributed by atoms with Crippen molar-refractivity contribution in [3.63, 3.8) is 0 Å². The van der Waals surface area contributed by atoms with Gasteiger partial charge in [0.15, 0.2) is 5.58 Å². The van der Waals surface area contributed by atoms with Gasteiger partial charge in [-0.3, -0.25) is 4.79 Å². The molecule has 0 aliphatic rings. The third-order valence-electron chi connectivity index (χ3n) is 4.08. The molecular weight excluding hydrogens is 364 g/mol. The quantitative estimate of drug-likeness (QED) is 0.515. The van der Waals surface area contributed by atoms with Crippen LogP contribution in [0, 0.1) is 0 Å². The molecule has 0 saturated heterocycles. The molecule has 0 atom stereocenters. The van der Waals surface area contributed by atoms with Gasteiger partial charge in [-0.15, -0.1) is 0 Å². The summed E-state index contributed by atoms with van der Waals surface area (Å²) in [4.78, 5) is 16.9. The van der Waals surface area contributed by atoms with Crippen LogP contribution in [0.2, 0.25) is 5.02 Å². The van der Waals surface area contributed by atoms with Crippen molar-refractivity contribution in [2.24, 2.45) is 0 Å². The summed E-state index contributed by atoms with van der Waals surface area (Å²) < 4.78 is 11.1. The molecule has 1 heterocycles. The Morgan fingerprint density at radius 3 is 2.74 bits per heavy atom. The zero-order valence-corrected chi connectivity index (χ0v) is 15.2. The van der Waals surface area contributed by atoms with Crippen molar-refractivity contribution in [1.29, 1.82) is 0 Å². The van der Waals surface area contributed by atoms with Gasteiger partial charge in [0.25, 0.3) is 5.91 Å². The minimum atomic E-state index is -0.285. The molecule has 3 aromatic carbocycles. The second kappa shape index (κ2) is 7.13. The maximum absolute atomic E-state index is 12.4. The van der Waals surface area contributed by atoms with Gasteiger partial charge in [-0.25, -0.2) is 4.98 Å². The number of carbonyl (C=O) groups excluding carboxylic acids is 1. The van der Waals surface area contributed by atoms with Crippen LogP contribution in [0.1, 0.15) is 10.4 Å². The highest BCUT2D eigenvalue weighted by molar-refractivity contribution is 6.34. The SMILES string of the molecule is COc1cccc(-c2nc3ccc(NC(=O)c4ccccc4Cl)cc3o2)c1. The lowest BCUT2D eigenvalue weighted by molar-refractivity contribution is 0.102. The topological polar surface area (TPSA) is 64.4 Å². The molecular formula is C21H15ClN2O3. The van der Waals surface area contributed by atoms with Crippen molar-refractivity contribution in [2.45, 2.75) is 0 Å². The van der Waals surface area contributed by atoms with E-state index in [1.165, 1.54) is 0 Å². The summed E-state index contributed by atoms with van der Waals surface area (Å²) in [6.45, 7) is 0. The maximum atomic E-state index is 12.4. The molecule has 134 valence electrons. The Balaban J connectivity index is 1.63. The molecule has 0 spiro atoms. The molecule has 6 heteroatoms. The summed E-state index contributed by atoms with van der Waals surface area (Å²) in [6.07, 6.45) is 0. The fourth-order valence-electron chi connectivity index (χ4n) is 2.73. The van der Waals surface area contributed by atoms with E-state index in [1.54, 1.807) is 49.6 Å². The predicted molar refractivity (Wildman–Crippen MR) is 105 cm³/mol. The number of nitrogens with zero attached hydrogens (tertiary/aromatic N) is 1. The number of fused-ring (bicyclic) bond motifs is 1. The first kappa shape index (κ1) is 17.1. The summed E-state index contributed by atoms with van der Waals surface area (Å²) in [5.74, 6) is 0.924. The average molecular weight is 379 g/mol. The monoisotopic (exact) mass is 378 g/mol. The second-order valence-corrected chi connectivity index (χ2v) is 6.27. The van der Waals surface area contributed by atoms with Crippen molar-refractivity contribution in [3.8, 4) is 17.2 Å². The molecule has 0 aliphatic carbocycles. The van der Waals surface area contributed by atoms with E-state index < -0.39 is 0 Å². The van der Waals surface area contributed by atoms with Crippen LogP contribution in [-0.4, -0.2) is 18.0 Å². The molecule has 4 aromatic rings. The van der Waals surface area contributed by atoms with Crippen LogP contribution in [0.15, 0.2) is 71.1 Å². The van der Waals surface area contributed by atoms with E-state index in [9.17, 15) is 4.79 Å². The number of ether oxygens (including phenoxy) is 1. The number of methoxy groups -OCH3 is 1. The highest BCUT2D eigenvalue weighted by Crippen LogP contribution is 2.28. The van der Waals surface area contributed by atoms with Crippen LogP contribution >= 0.6 is 11.6 Å². The van der Waals surface area contributed by atoms with Gasteiger partial charge < -0.3 is 14.5 Å². The van der Waals surface area contributed by atoms with Crippen LogP contribution in [-0.2, 0) is 0 Å². The first-order chi connectivity index (χ1) is 13.1. The molecule has 0 bridgehead atoms. The molecule has 5 nitrogen and oxygen atoms in total. The number of aromatic nitrogens is 1. The number of rotatable bonds is 4. The first-order valence-corrected chi connectivity index (χ1v) is 8.63. The number of nitrogens with one attached hydrogen (secondary N) is 1. The van der Waals surface area contributed by atoms with Crippen molar-refractivity contribution in [3.05, 3.63) is 77.3 Å². The van der Waals surface area contributed by atoms with Gasteiger partial charge in [-0.1, -0.05) is 29.8 Å². The first-order valence-electron chi connectivity index (χ1n) is 8.25. The van der Waals surface area contributed by atoms with E-state index in [-0.39, 0.29) is 5.91 Å². The molecule has 1 N–H and O–H groups in total. The van der Waals surface area contributed by atoms with Gasteiger partial charge >= 0.3 is 0 Å². The Hall–Kier alpha value is -3.31. The van der Waals surface area contributed by atoms with Crippen LogP contribution < -0.4 is 10.1 Å². The molecule has 0 aliphatic heterocycles. The third kappa shape index (κ3) is 3.50. The number of hydrogen-bond donors (Lipinski definition) is 1. The Morgan fingerprint density at radius 2 is 1.93 bits per heavy atom. The van der Waals surface area contributed by atoms with Gasteiger partial charge in [-0.05, 0) is 42.5 Å². The van der Waals surface area contributed by atoms with E-state index in [1.807, 2.05) is 24.3 Å². The summed E-state index contributed by atoms with van der Waals surface area (Å²) in [7, 11) is 1.61. The van der Waals surface area contributed by atoms with Crippen molar-refractivity contribution >= 4 is 34.3 Å². The van der Waals surface area contributed by atoms with Gasteiger partial charge in [-0.2, -0.15) is 0 Å². The van der Waals surface area contributed by atoms with Crippen LogP contribution in [0.25, 0.3) is 22.6 Å². The van der Waals surface area contributed by atoms with Crippen LogP contribution in [0.5, 0.6) is 5.75 Å². The highest BCUT2D eigenvalue weighted by atomic mass is 35.5. The number of oxazole rings is 1. The molecule has 4 rings (SSSR count). The number of hydrogen-bond acceptors (Lipinski definition) is 4. The average Bonchev–Trinajstić information content (AvgIpc) is 3.12. The Bertz CT molecular complexity index is 1140.